The van der Waals surface area contributed by atoms with Gasteiger partial charge in [0.2, 0.25) is 0 Å². The van der Waals surface area contributed by atoms with Crippen molar-refractivity contribution in [3.8, 4) is 0 Å². The van der Waals surface area contributed by atoms with Gasteiger partial charge in [-0.15, -0.1) is 0 Å². The summed E-state index contributed by atoms with van der Waals surface area (Å²) in [5.74, 6) is 0. The summed E-state index contributed by atoms with van der Waals surface area (Å²) in [6.45, 7) is 0. The first-order valence-corrected chi connectivity index (χ1v) is 8.06. The van der Waals surface area contributed by atoms with Crippen LogP contribution in [0.25, 0.3) is 0 Å². The molecule has 2 atom stereocenters. The van der Waals surface area contributed by atoms with E-state index in [9.17, 15) is 26.7 Å². The molecule has 0 heterocycles. The van der Waals surface area contributed by atoms with Gasteiger partial charge >= 0.3 is 5.51 Å². The minimum Gasteiger partial charge on any atom is -0.391 e. The number of halogens is 3. The molecule has 0 amide bonds. The molecule has 118 valence electrons. The standard InChI is InChI=1S/C13H16F3NO3S/c14-13(15,16)21(19,20)10-7-5-9(6-8-10)17-11-3-1-2-4-12(11)18/h5-8,11-12,17-18H,1-4H2. The van der Waals surface area contributed by atoms with E-state index in [0.29, 0.717) is 12.1 Å². The minimum atomic E-state index is -5.31. The normalized spacial score (nSPS) is 23.8. The molecule has 0 saturated heterocycles. The van der Waals surface area contributed by atoms with Crippen molar-refractivity contribution in [3.05, 3.63) is 24.3 Å². The lowest BCUT2D eigenvalue weighted by molar-refractivity contribution is -0.0436. The zero-order valence-corrected chi connectivity index (χ0v) is 11.9. The van der Waals surface area contributed by atoms with Crippen LogP contribution in [0, 0.1) is 0 Å². The highest BCUT2D eigenvalue weighted by atomic mass is 32.2. The largest absolute Gasteiger partial charge is 0.501 e. The van der Waals surface area contributed by atoms with Gasteiger partial charge in [-0.1, -0.05) is 12.8 Å². The number of anilines is 1. The van der Waals surface area contributed by atoms with Crippen LogP contribution in [0.4, 0.5) is 18.9 Å². The average molecular weight is 323 g/mol. The number of hydrogen-bond donors (Lipinski definition) is 2. The van der Waals surface area contributed by atoms with Crippen LogP contribution in [-0.4, -0.2) is 31.2 Å². The zero-order chi connectivity index (χ0) is 15.7. The summed E-state index contributed by atoms with van der Waals surface area (Å²) < 4.78 is 59.7. The zero-order valence-electron chi connectivity index (χ0n) is 11.1. The average Bonchev–Trinajstić information content (AvgIpc) is 2.41. The molecular formula is C13H16F3NO3S. The van der Waals surface area contributed by atoms with Gasteiger partial charge in [-0.3, -0.25) is 0 Å². The van der Waals surface area contributed by atoms with Crippen molar-refractivity contribution in [3.63, 3.8) is 0 Å². The number of sulfone groups is 1. The van der Waals surface area contributed by atoms with Gasteiger partial charge in [0.25, 0.3) is 9.84 Å². The van der Waals surface area contributed by atoms with Crippen LogP contribution in [-0.2, 0) is 9.84 Å². The maximum Gasteiger partial charge on any atom is 0.501 e. The van der Waals surface area contributed by atoms with E-state index < -0.39 is 26.3 Å². The first-order chi connectivity index (χ1) is 9.72. The second kappa shape index (κ2) is 5.84. The van der Waals surface area contributed by atoms with Gasteiger partial charge in [0.15, 0.2) is 0 Å². The van der Waals surface area contributed by atoms with Crippen molar-refractivity contribution in [2.45, 2.75) is 48.2 Å². The quantitative estimate of drug-likeness (QED) is 0.897. The number of hydrogen-bond acceptors (Lipinski definition) is 4. The molecule has 0 aromatic heterocycles. The highest BCUT2D eigenvalue weighted by molar-refractivity contribution is 7.92. The lowest BCUT2D eigenvalue weighted by Gasteiger charge is -2.29. The maximum atomic E-state index is 12.4. The molecule has 0 radical (unpaired) electrons. The number of aliphatic hydroxyl groups is 1. The van der Waals surface area contributed by atoms with Gasteiger partial charge in [0, 0.05) is 5.69 Å². The Morgan fingerprint density at radius 3 is 2.19 bits per heavy atom. The highest BCUT2D eigenvalue weighted by Gasteiger charge is 2.46. The number of benzene rings is 1. The van der Waals surface area contributed by atoms with Crippen LogP contribution in [0.1, 0.15) is 25.7 Å². The van der Waals surface area contributed by atoms with E-state index in [4.69, 9.17) is 0 Å². The SMILES string of the molecule is O=S(=O)(c1ccc(NC2CCCCC2O)cc1)C(F)(F)F. The lowest BCUT2D eigenvalue weighted by Crippen LogP contribution is -2.36. The van der Waals surface area contributed by atoms with Gasteiger partial charge in [0.1, 0.15) is 0 Å². The molecule has 0 aliphatic heterocycles. The summed E-state index contributed by atoms with van der Waals surface area (Å²) in [6, 6.07) is 4.23. The van der Waals surface area contributed by atoms with E-state index in [2.05, 4.69) is 5.32 Å². The fraction of sp³-hybridized carbons (Fsp3) is 0.538. The fourth-order valence-electron chi connectivity index (χ4n) is 2.36. The molecule has 21 heavy (non-hydrogen) atoms. The molecule has 1 saturated carbocycles. The summed E-state index contributed by atoms with van der Waals surface area (Å²) in [5.41, 5.74) is -4.82. The van der Waals surface area contributed by atoms with Gasteiger partial charge in [-0.2, -0.15) is 13.2 Å². The van der Waals surface area contributed by atoms with E-state index in [1.54, 1.807) is 0 Å². The molecule has 1 aromatic carbocycles. The molecule has 1 aliphatic rings. The Labute approximate surface area is 120 Å². The predicted octanol–water partition coefficient (Wildman–Crippen LogP) is 2.70. The predicted molar refractivity (Wildman–Crippen MR) is 71.6 cm³/mol. The Balaban J connectivity index is 2.13. The van der Waals surface area contributed by atoms with Gasteiger partial charge < -0.3 is 10.4 Å². The number of aliphatic hydroxyl groups excluding tert-OH is 1. The van der Waals surface area contributed by atoms with E-state index in [0.717, 1.165) is 31.4 Å². The molecule has 2 unspecified atom stereocenters. The van der Waals surface area contributed by atoms with Crippen molar-refractivity contribution in [1.82, 2.24) is 0 Å². The third-order valence-corrected chi connectivity index (χ3v) is 5.05. The van der Waals surface area contributed by atoms with Crippen molar-refractivity contribution in [2.75, 3.05) is 5.32 Å². The molecule has 0 spiro atoms. The second-order valence-corrected chi connectivity index (χ2v) is 7.02. The van der Waals surface area contributed by atoms with E-state index in [1.807, 2.05) is 0 Å². The summed E-state index contributed by atoms with van der Waals surface area (Å²) in [6.07, 6.45) is 2.86. The number of rotatable bonds is 3. The van der Waals surface area contributed by atoms with Crippen LogP contribution in [0.3, 0.4) is 0 Å². The van der Waals surface area contributed by atoms with Crippen LogP contribution in [0.5, 0.6) is 0 Å². The first-order valence-electron chi connectivity index (χ1n) is 6.58. The van der Waals surface area contributed by atoms with Gasteiger partial charge in [0.05, 0.1) is 17.0 Å². The van der Waals surface area contributed by atoms with Crippen molar-refractivity contribution < 1.29 is 26.7 Å². The summed E-state index contributed by atoms with van der Waals surface area (Å²) in [4.78, 5) is -0.787. The summed E-state index contributed by atoms with van der Waals surface area (Å²) in [5, 5.41) is 12.8. The van der Waals surface area contributed by atoms with Gasteiger partial charge in [-0.25, -0.2) is 8.42 Å². The smallest absolute Gasteiger partial charge is 0.391 e. The van der Waals surface area contributed by atoms with Crippen molar-refractivity contribution in [2.24, 2.45) is 0 Å². The summed E-state index contributed by atoms with van der Waals surface area (Å²) >= 11 is 0. The Hall–Kier alpha value is -1.28. The van der Waals surface area contributed by atoms with Crippen molar-refractivity contribution in [1.29, 1.82) is 0 Å². The third kappa shape index (κ3) is 3.49. The molecule has 2 N–H and O–H groups in total. The van der Waals surface area contributed by atoms with Crippen LogP contribution in [0.15, 0.2) is 29.2 Å². The van der Waals surface area contributed by atoms with E-state index in [-0.39, 0.29) is 6.04 Å². The Bertz CT molecular complexity index is 584. The molecule has 2 rings (SSSR count). The van der Waals surface area contributed by atoms with Crippen LogP contribution >= 0.6 is 0 Å². The van der Waals surface area contributed by atoms with E-state index in [1.165, 1.54) is 12.1 Å². The molecule has 0 bridgehead atoms. The summed E-state index contributed by atoms with van der Waals surface area (Å²) in [7, 11) is -5.31. The fourth-order valence-corrected chi connectivity index (χ4v) is 3.12. The topological polar surface area (TPSA) is 66.4 Å². The molecule has 1 aliphatic carbocycles. The molecule has 1 aromatic rings. The molecular weight excluding hydrogens is 307 g/mol. The first kappa shape index (κ1) is 16.1. The van der Waals surface area contributed by atoms with Crippen LogP contribution < -0.4 is 5.32 Å². The Morgan fingerprint density at radius 1 is 1.10 bits per heavy atom. The maximum absolute atomic E-state index is 12.4. The van der Waals surface area contributed by atoms with Crippen molar-refractivity contribution >= 4 is 15.5 Å². The number of nitrogens with one attached hydrogen (secondary N) is 1. The highest BCUT2D eigenvalue weighted by Crippen LogP contribution is 2.31. The van der Waals surface area contributed by atoms with E-state index >= 15 is 0 Å². The lowest BCUT2D eigenvalue weighted by atomic mass is 9.92. The monoisotopic (exact) mass is 323 g/mol. The minimum absolute atomic E-state index is 0.163. The Morgan fingerprint density at radius 2 is 1.67 bits per heavy atom. The molecule has 1 fully saturated rings. The molecule has 4 nitrogen and oxygen atoms in total. The second-order valence-electron chi connectivity index (χ2n) is 5.08. The van der Waals surface area contributed by atoms with Gasteiger partial charge in [-0.05, 0) is 37.1 Å². The Kier molecular flexibility index (Phi) is 4.48. The molecule has 8 heteroatoms. The third-order valence-electron chi connectivity index (χ3n) is 3.55. The van der Waals surface area contributed by atoms with Crippen LogP contribution in [0.2, 0.25) is 0 Å². The number of alkyl halides is 3.